The summed E-state index contributed by atoms with van der Waals surface area (Å²) in [7, 11) is 1.75. The van der Waals surface area contributed by atoms with E-state index in [0.717, 1.165) is 35.1 Å². The number of piperidine rings is 1. The lowest BCUT2D eigenvalue weighted by molar-refractivity contribution is -0.136. The molecule has 2 fully saturated rings. The fraction of sp³-hybridized carbons (Fsp3) is 0.375. The van der Waals surface area contributed by atoms with Gasteiger partial charge in [-0.15, -0.1) is 0 Å². The molecule has 4 aromatic heterocycles. The molecule has 0 aromatic carbocycles. The van der Waals surface area contributed by atoms with Crippen molar-refractivity contribution in [1.29, 1.82) is 5.26 Å². The quantitative estimate of drug-likeness (QED) is 0.486. The van der Waals surface area contributed by atoms with E-state index < -0.39 is 5.41 Å². The third-order valence-corrected chi connectivity index (χ3v) is 7.06. The van der Waals surface area contributed by atoms with Gasteiger partial charge in [0.05, 0.1) is 35.0 Å². The zero-order valence-electron chi connectivity index (χ0n) is 18.3. The van der Waals surface area contributed by atoms with Gasteiger partial charge < -0.3 is 4.90 Å². The van der Waals surface area contributed by atoms with Crippen molar-refractivity contribution in [3.05, 3.63) is 53.2 Å². The Hall–Kier alpha value is -3.93. The van der Waals surface area contributed by atoms with Crippen molar-refractivity contribution in [2.45, 2.75) is 31.7 Å². The van der Waals surface area contributed by atoms with Crippen LogP contribution in [0.15, 0.2) is 47.5 Å². The number of aryl methyl sites for hydroxylation is 1. The number of carbonyl (C=O) groups excluding carboxylic acids is 1. The molecule has 0 unspecified atom stereocenters. The lowest BCUT2D eigenvalue weighted by Crippen LogP contribution is -2.45. The van der Waals surface area contributed by atoms with E-state index in [1.165, 1.54) is 0 Å². The largest absolute Gasteiger partial charge is 0.339 e. The Morgan fingerprint density at radius 1 is 1.21 bits per heavy atom. The molecule has 1 saturated carbocycles. The molecule has 33 heavy (non-hydrogen) atoms. The summed E-state index contributed by atoms with van der Waals surface area (Å²) in [5, 5.41) is 13.9. The molecule has 9 nitrogen and oxygen atoms in total. The van der Waals surface area contributed by atoms with E-state index in [1.807, 2.05) is 36.5 Å². The number of fused-ring (bicyclic) bond motifs is 2. The number of carbonyl (C=O) groups is 1. The highest BCUT2D eigenvalue weighted by Crippen LogP contribution is 2.47. The SMILES string of the molecule is Cn1c(=O)n([C@H]2CCCN(C(=O)C3(C#N)CC3)C2)c2nc(-c3cnn4ccccc34)ccc21. The summed E-state index contributed by atoms with van der Waals surface area (Å²) in [5.74, 6) is -0.0945. The first-order chi connectivity index (χ1) is 16.0. The van der Waals surface area contributed by atoms with Gasteiger partial charge in [0, 0.05) is 31.9 Å². The van der Waals surface area contributed by atoms with Gasteiger partial charge in [0.25, 0.3) is 0 Å². The lowest BCUT2D eigenvalue weighted by Gasteiger charge is -2.34. The third kappa shape index (κ3) is 2.90. The van der Waals surface area contributed by atoms with E-state index in [4.69, 9.17) is 4.98 Å². The molecule has 166 valence electrons. The molecule has 0 spiro atoms. The monoisotopic (exact) mass is 441 g/mol. The smallest absolute Gasteiger partial charge is 0.330 e. The minimum Gasteiger partial charge on any atom is -0.339 e. The second kappa shape index (κ2) is 7.04. The third-order valence-electron chi connectivity index (χ3n) is 7.06. The van der Waals surface area contributed by atoms with E-state index >= 15 is 0 Å². The Labute approximate surface area is 189 Å². The molecule has 0 bridgehead atoms. The first-order valence-corrected chi connectivity index (χ1v) is 11.2. The number of imidazole rings is 1. The van der Waals surface area contributed by atoms with Gasteiger partial charge >= 0.3 is 5.69 Å². The molecule has 0 N–H and O–H groups in total. The molecule has 1 saturated heterocycles. The summed E-state index contributed by atoms with van der Waals surface area (Å²) in [4.78, 5) is 32.9. The predicted octanol–water partition coefficient (Wildman–Crippen LogP) is 2.52. The van der Waals surface area contributed by atoms with Crippen LogP contribution in [0.25, 0.3) is 27.9 Å². The molecule has 0 radical (unpaired) electrons. The van der Waals surface area contributed by atoms with Gasteiger partial charge in [-0.05, 0) is 49.9 Å². The number of nitriles is 1. The molecule has 4 aromatic rings. The number of hydrogen-bond donors (Lipinski definition) is 0. The molecule has 1 amide bonds. The minimum atomic E-state index is -0.847. The van der Waals surface area contributed by atoms with Gasteiger partial charge in [0.1, 0.15) is 5.41 Å². The highest BCUT2D eigenvalue weighted by atomic mass is 16.2. The maximum Gasteiger partial charge on any atom is 0.330 e. The molecular formula is C24H23N7O2. The zero-order chi connectivity index (χ0) is 22.7. The molecule has 9 heteroatoms. The van der Waals surface area contributed by atoms with Gasteiger partial charge in [-0.1, -0.05) is 6.07 Å². The standard InChI is InChI=1S/C24H23N7O2/c1-28-20-8-7-18(17-13-26-30-12-3-2-6-19(17)30)27-21(20)31(23(28)33)16-5-4-11-29(14-16)22(32)24(15-25)9-10-24/h2-3,6-8,12-13,16H,4-5,9-11,14H2,1H3/t16-/m0/s1. The molecule has 1 aliphatic heterocycles. The fourth-order valence-electron chi connectivity index (χ4n) is 5.00. The van der Waals surface area contributed by atoms with E-state index in [9.17, 15) is 14.9 Å². The average molecular weight is 441 g/mol. The second-order valence-corrected chi connectivity index (χ2v) is 9.08. The molecule has 6 rings (SSSR count). The van der Waals surface area contributed by atoms with Crippen LogP contribution in [0.4, 0.5) is 0 Å². The van der Waals surface area contributed by atoms with Crippen LogP contribution in [0, 0.1) is 16.7 Å². The number of hydrogen-bond acceptors (Lipinski definition) is 5. The molecule has 1 aliphatic carbocycles. The molecular weight excluding hydrogens is 418 g/mol. The Bertz CT molecular complexity index is 1520. The number of likely N-dealkylation sites (tertiary alicyclic amines) is 1. The van der Waals surface area contributed by atoms with Crippen molar-refractivity contribution < 1.29 is 4.79 Å². The Kier molecular flexibility index (Phi) is 4.21. The molecule has 2 aliphatic rings. The topological polar surface area (TPSA) is 101 Å². The van der Waals surface area contributed by atoms with Crippen molar-refractivity contribution >= 4 is 22.6 Å². The van der Waals surface area contributed by atoms with Crippen molar-refractivity contribution in [1.82, 2.24) is 28.6 Å². The summed E-state index contributed by atoms with van der Waals surface area (Å²) >= 11 is 0. The van der Waals surface area contributed by atoms with Crippen LogP contribution >= 0.6 is 0 Å². The number of aromatic nitrogens is 5. The first kappa shape index (κ1) is 19.7. The highest BCUT2D eigenvalue weighted by molar-refractivity contribution is 5.88. The van der Waals surface area contributed by atoms with Crippen LogP contribution in [0.5, 0.6) is 0 Å². The van der Waals surface area contributed by atoms with Crippen LogP contribution in [-0.4, -0.2) is 47.6 Å². The van der Waals surface area contributed by atoms with Crippen molar-refractivity contribution in [2.24, 2.45) is 12.5 Å². The number of amides is 1. The number of nitrogens with zero attached hydrogens (tertiary/aromatic N) is 7. The summed E-state index contributed by atoms with van der Waals surface area (Å²) < 4.78 is 5.14. The fourth-order valence-corrected chi connectivity index (χ4v) is 5.00. The maximum atomic E-state index is 13.3. The normalized spacial score (nSPS) is 19.6. The summed E-state index contributed by atoms with van der Waals surface area (Å²) in [6, 6.07) is 11.7. The molecule has 5 heterocycles. The zero-order valence-corrected chi connectivity index (χ0v) is 18.3. The Morgan fingerprint density at radius 3 is 2.85 bits per heavy atom. The van der Waals surface area contributed by atoms with Crippen molar-refractivity contribution in [3.63, 3.8) is 0 Å². The number of pyridine rings is 2. The van der Waals surface area contributed by atoms with E-state index in [2.05, 4.69) is 11.2 Å². The van der Waals surface area contributed by atoms with Gasteiger partial charge in [0.2, 0.25) is 5.91 Å². The van der Waals surface area contributed by atoms with E-state index in [0.29, 0.717) is 31.6 Å². The van der Waals surface area contributed by atoms with E-state index in [1.54, 1.807) is 31.8 Å². The van der Waals surface area contributed by atoms with Gasteiger partial charge in [-0.2, -0.15) is 10.4 Å². The van der Waals surface area contributed by atoms with Gasteiger partial charge in [0.15, 0.2) is 5.65 Å². The summed E-state index contributed by atoms with van der Waals surface area (Å²) in [6.07, 6.45) is 6.49. The lowest BCUT2D eigenvalue weighted by atomic mass is 10.0. The predicted molar refractivity (Wildman–Crippen MR) is 121 cm³/mol. The average Bonchev–Trinajstić information content (AvgIpc) is 3.47. The maximum absolute atomic E-state index is 13.3. The summed E-state index contributed by atoms with van der Waals surface area (Å²) in [6.45, 7) is 1.04. The van der Waals surface area contributed by atoms with Crippen LogP contribution < -0.4 is 5.69 Å². The van der Waals surface area contributed by atoms with Crippen LogP contribution in [-0.2, 0) is 11.8 Å². The second-order valence-electron chi connectivity index (χ2n) is 9.08. The summed E-state index contributed by atoms with van der Waals surface area (Å²) in [5.41, 5.74) is 2.94. The van der Waals surface area contributed by atoms with Crippen LogP contribution in [0.3, 0.4) is 0 Å². The molecule has 1 atom stereocenters. The Balaban J connectivity index is 1.43. The first-order valence-electron chi connectivity index (χ1n) is 11.2. The van der Waals surface area contributed by atoms with Crippen LogP contribution in [0.1, 0.15) is 31.7 Å². The Morgan fingerprint density at radius 2 is 2.06 bits per heavy atom. The van der Waals surface area contributed by atoms with Crippen LogP contribution in [0.2, 0.25) is 0 Å². The van der Waals surface area contributed by atoms with Gasteiger partial charge in [-0.3, -0.25) is 13.9 Å². The highest BCUT2D eigenvalue weighted by Gasteiger charge is 2.53. The van der Waals surface area contributed by atoms with Crippen molar-refractivity contribution in [3.8, 4) is 17.3 Å². The van der Waals surface area contributed by atoms with E-state index in [-0.39, 0.29) is 17.6 Å². The van der Waals surface area contributed by atoms with Crippen molar-refractivity contribution in [2.75, 3.05) is 13.1 Å². The minimum absolute atomic E-state index is 0.0945. The van der Waals surface area contributed by atoms with Gasteiger partial charge in [-0.25, -0.2) is 14.3 Å². The number of rotatable bonds is 3.